The number of carbonyl (C=O) groups is 1. The zero-order valence-electron chi connectivity index (χ0n) is 3.89. The molecule has 0 saturated carbocycles. The largest absolute Gasteiger partial charge is 0.335 e. The Labute approximate surface area is 52.4 Å². The minimum atomic E-state index is 0. The molecule has 0 heterocycles. The summed E-state index contributed by atoms with van der Waals surface area (Å²) in [6.45, 7) is 3.25. The van der Waals surface area contributed by atoms with Crippen LogP contribution in [0.4, 0.5) is 0 Å². The molecule has 0 atom stereocenters. The van der Waals surface area contributed by atoms with Crippen molar-refractivity contribution in [1.29, 1.82) is 0 Å². The normalized spacial score (nSPS) is 5.67. The van der Waals surface area contributed by atoms with Gasteiger partial charge < -0.3 is 11.2 Å². The number of hydrogen-bond acceptors (Lipinski definition) is 1. The maximum absolute atomic E-state index is 9.76. The van der Waals surface area contributed by atoms with Crippen LogP contribution < -0.4 is 0 Å². The smallest absolute Gasteiger partial charge is 0 e. The van der Waals surface area contributed by atoms with Crippen LogP contribution in [0.25, 0.3) is 0 Å². The van der Waals surface area contributed by atoms with Gasteiger partial charge in [-0.1, -0.05) is 0 Å². The molecule has 0 aliphatic carbocycles. The molecule has 36 valence electrons. The Morgan fingerprint density at radius 1 is 1.67 bits per heavy atom. The van der Waals surface area contributed by atoms with E-state index in [2.05, 4.69) is 0 Å². The number of hydrogen-bond donors (Lipinski definition) is 0. The summed E-state index contributed by atoms with van der Waals surface area (Å²) in [6.07, 6.45) is 1.53. The van der Waals surface area contributed by atoms with Crippen molar-refractivity contribution in [3.63, 3.8) is 0 Å². The minimum absolute atomic E-state index is 0. The molecule has 0 spiro atoms. The van der Waals surface area contributed by atoms with E-state index in [0.717, 1.165) is 0 Å². The maximum atomic E-state index is 9.76. The van der Waals surface area contributed by atoms with Gasteiger partial charge in [-0.3, -0.25) is 0 Å². The van der Waals surface area contributed by atoms with Crippen LogP contribution in [-0.4, -0.2) is 5.78 Å². The third-order valence-corrected chi connectivity index (χ3v) is 0.407. The van der Waals surface area contributed by atoms with E-state index in [4.69, 9.17) is 0 Å². The van der Waals surface area contributed by atoms with Crippen molar-refractivity contribution in [2.75, 3.05) is 0 Å². The Bertz CT molecular complexity index is 42.8. The van der Waals surface area contributed by atoms with Gasteiger partial charge in [0.25, 0.3) is 0 Å². The predicted molar refractivity (Wildman–Crippen MR) is 20.7 cm³/mol. The summed E-state index contributed by atoms with van der Waals surface area (Å²) in [4.78, 5) is 9.76. The Kier molecular flexibility index (Phi) is 8.30. The molecule has 0 N–H and O–H groups in total. The molecule has 0 fully saturated rings. The summed E-state index contributed by atoms with van der Waals surface area (Å²) in [7, 11) is 0. The van der Waals surface area contributed by atoms with Crippen LogP contribution in [-0.2, 0) is 25.9 Å². The molecular weight excluding hydrogens is 248 g/mol. The van der Waals surface area contributed by atoms with E-state index in [1.807, 2.05) is 0 Å². The molecule has 0 radical (unpaired) electrons. The van der Waals surface area contributed by atoms with Gasteiger partial charge >= 0.3 is 0 Å². The maximum Gasteiger partial charge on any atom is 0 e. The van der Waals surface area contributed by atoms with Crippen LogP contribution in [0.5, 0.6) is 0 Å². The zero-order chi connectivity index (χ0) is 4.28. The second-order valence-corrected chi connectivity index (χ2v) is 0.899. The number of rotatable bonds is 1. The minimum Gasteiger partial charge on any atom is -0.335 e. The standard InChI is InChI=1S/C4H7O.W/c1-3-4(2)5;/h3H,1-2H3;/q-1;. The van der Waals surface area contributed by atoms with Gasteiger partial charge in [0.1, 0.15) is 0 Å². The molecule has 0 bridgehead atoms. The van der Waals surface area contributed by atoms with Gasteiger partial charge in [-0.15, -0.1) is 0 Å². The molecule has 6 heavy (non-hydrogen) atoms. The Hall–Kier alpha value is 0.228. The van der Waals surface area contributed by atoms with E-state index in [-0.39, 0.29) is 26.8 Å². The summed E-state index contributed by atoms with van der Waals surface area (Å²) < 4.78 is 0. The van der Waals surface area contributed by atoms with E-state index in [1.54, 1.807) is 6.92 Å². The SMILES string of the molecule is C[CH-]C(C)=O.[W]. The van der Waals surface area contributed by atoms with Crippen molar-refractivity contribution in [2.24, 2.45) is 0 Å². The number of carbonyl (C=O) groups excluding carboxylic acids is 1. The van der Waals surface area contributed by atoms with E-state index in [0.29, 0.717) is 0 Å². The van der Waals surface area contributed by atoms with Crippen molar-refractivity contribution in [3.8, 4) is 0 Å². The average Bonchev–Trinajstić information content (AvgIpc) is 1.38. The molecule has 0 rings (SSSR count). The molecule has 0 aliphatic rings. The first-order valence-electron chi connectivity index (χ1n) is 1.57. The van der Waals surface area contributed by atoms with Crippen LogP contribution in [0.1, 0.15) is 13.8 Å². The van der Waals surface area contributed by atoms with Gasteiger partial charge in [-0.25, -0.2) is 0 Å². The first kappa shape index (κ1) is 9.52. The second-order valence-electron chi connectivity index (χ2n) is 0.899. The fraction of sp³-hybridized carbons (Fsp3) is 0.500. The van der Waals surface area contributed by atoms with Crippen LogP contribution >= 0.6 is 0 Å². The Balaban J connectivity index is 0. The monoisotopic (exact) mass is 255 g/mol. The summed E-state index contributed by atoms with van der Waals surface area (Å²) in [5, 5.41) is 0. The van der Waals surface area contributed by atoms with Crippen molar-refractivity contribution >= 4 is 5.78 Å². The van der Waals surface area contributed by atoms with Gasteiger partial charge in [0.15, 0.2) is 0 Å². The molecule has 0 unspecified atom stereocenters. The summed E-state index contributed by atoms with van der Waals surface area (Å²) in [5.41, 5.74) is 0. The molecule has 0 aromatic heterocycles. The summed E-state index contributed by atoms with van der Waals surface area (Å²) >= 11 is 0. The molecule has 1 nitrogen and oxygen atoms in total. The molecular formula is C4H7OW-. The molecule has 0 aliphatic heterocycles. The van der Waals surface area contributed by atoms with Gasteiger partial charge in [-0.2, -0.15) is 6.92 Å². The van der Waals surface area contributed by atoms with Crippen LogP contribution in [0.15, 0.2) is 0 Å². The topological polar surface area (TPSA) is 17.1 Å². The van der Waals surface area contributed by atoms with Gasteiger partial charge in [0, 0.05) is 21.1 Å². The van der Waals surface area contributed by atoms with Crippen LogP contribution in [0, 0.1) is 6.42 Å². The molecule has 0 saturated heterocycles. The van der Waals surface area contributed by atoms with Crippen molar-refractivity contribution in [1.82, 2.24) is 0 Å². The zero-order valence-corrected chi connectivity index (χ0v) is 6.83. The third-order valence-electron chi connectivity index (χ3n) is 0.407. The summed E-state index contributed by atoms with van der Waals surface area (Å²) in [5.74, 6) is 0.130. The van der Waals surface area contributed by atoms with Gasteiger partial charge in [0.05, 0.1) is 0 Å². The van der Waals surface area contributed by atoms with Gasteiger partial charge in [-0.05, 0) is 12.7 Å². The number of ketones is 1. The molecule has 0 aromatic rings. The Morgan fingerprint density at radius 3 is 1.83 bits per heavy atom. The fourth-order valence-corrected chi connectivity index (χ4v) is 0. The van der Waals surface area contributed by atoms with E-state index < -0.39 is 0 Å². The van der Waals surface area contributed by atoms with Gasteiger partial charge in [0.2, 0.25) is 0 Å². The Morgan fingerprint density at radius 2 is 1.83 bits per heavy atom. The molecule has 0 amide bonds. The van der Waals surface area contributed by atoms with Crippen molar-refractivity contribution in [2.45, 2.75) is 13.8 Å². The quantitative estimate of drug-likeness (QED) is 0.633. The van der Waals surface area contributed by atoms with E-state index in [1.165, 1.54) is 13.3 Å². The van der Waals surface area contributed by atoms with Crippen molar-refractivity contribution in [3.05, 3.63) is 6.42 Å². The first-order valence-corrected chi connectivity index (χ1v) is 1.57. The third kappa shape index (κ3) is 8.87. The molecule has 0 aromatic carbocycles. The van der Waals surface area contributed by atoms with E-state index in [9.17, 15) is 4.79 Å². The molecule has 2 heteroatoms. The average molecular weight is 255 g/mol. The van der Waals surface area contributed by atoms with Crippen molar-refractivity contribution < 1.29 is 25.9 Å². The van der Waals surface area contributed by atoms with E-state index >= 15 is 0 Å². The van der Waals surface area contributed by atoms with Crippen LogP contribution in [0.3, 0.4) is 0 Å². The predicted octanol–water partition coefficient (Wildman–Crippen LogP) is 0.797. The summed E-state index contributed by atoms with van der Waals surface area (Å²) in [6, 6.07) is 0. The van der Waals surface area contributed by atoms with Crippen LogP contribution in [0.2, 0.25) is 0 Å². The number of Topliss-reactive ketones (excluding diaryl/α,β-unsaturated/α-hetero) is 1. The first-order chi connectivity index (χ1) is 2.27. The fourth-order valence-electron chi connectivity index (χ4n) is 0. The second kappa shape index (κ2) is 5.23.